The van der Waals surface area contributed by atoms with Gasteiger partial charge in [-0.3, -0.25) is 0 Å². The molecule has 0 fully saturated rings. The van der Waals surface area contributed by atoms with Gasteiger partial charge in [0.25, 0.3) is 0 Å². The molecular weight excluding hydrogens is 256 g/mol. The minimum atomic E-state index is 0.102. The van der Waals surface area contributed by atoms with E-state index in [1.807, 2.05) is 6.92 Å². The zero-order valence-electron chi connectivity index (χ0n) is 10.4. The number of halogens is 1. The van der Waals surface area contributed by atoms with E-state index in [0.717, 1.165) is 16.0 Å². The molecule has 0 spiro atoms. The number of methoxy groups -OCH3 is 1. The smallest absolute Gasteiger partial charge is 0.141 e. The summed E-state index contributed by atoms with van der Waals surface area (Å²) < 4.78 is 5.22. The van der Waals surface area contributed by atoms with Crippen molar-refractivity contribution in [3.05, 3.63) is 21.4 Å². The molecule has 3 nitrogen and oxygen atoms in total. The van der Waals surface area contributed by atoms with Gasteiger partial charge in [0.1, 0.15) is 15.8 Å². The highest BCUT2D eigenvalue weighted by Crippen LogP contribution is 2.32. The Morgan fingerprint density at radius 2 is 2.06 bits per heavy atom. The summed E-state index contributed by atoms with van der Waals surface area (Å²) in [6.07, 6.45) is 0.785. The van der Waals surface area contributed by atoms with Crippen molar-refractivity contribution in [2.75, 3.05) is 7.11 Å². The van der Waals surface area contributed by atoms with Gasteiger partial charge < -0.3 is 4.74 Å². The standard InChI is InChI=1S/C12H15ClN2OS/c1-6(16-4)5-9-14-11(13)10-7(2)8(3)17-12(10)15-9/h6H,5H2,1-4H3. The number of fused-ring (bicyclic) bond motifs is 1. The van der Waals surface area contributed by atoms with Crippen molar-refractivity contribution >= 4 is 33.2 Å². The number of hydrogen-bond acceptors (Lipinski definition) is 4. The van der Waals surface area contributed by atoms with E-state index in [4.69, 9.17) is 16.3 Å². The van der Waals surface area contributed by atoms with Crippen LogP contribution in [0.15, 0.2) is 0 Å². The van der Waals surface area contributed by atoms with Crippen molar-refractivity contribution < 1.29 is 4.74 Å². The van der Waals surface area contributed by atoms with Crippen LogP contribution in [0, 0.1) is 13.8 Å². The highest BCUT2D eigenvalue weighted by atomic mass is 35.5. The van der Waals surface area contributed by atoms with Gasteiger partial charge in [-0.15, -0.1) is 11.3 Å². The number of aryl methyl sites for hydroxylation is 2. The maximum atomic E-state index is 6.22. The Morgan fingerprint density at radius 1 is 1.35 bits per heavy atom. The molecule has 1 unspecified atom stereocenters. The first-order valence-electron chi connectivity index (χ1n) is 5.47. The quantitative estimate of drug-likeness (QED) is 0.800. The fraction of sp³-hybridized carbons (Fsp3) is 0.500. The highest BCUT2D eigenvalue weighted by Gasteiger charge is 2.14. The fourth-order valence-corrected chi connectivity index (χ4v) is 3.11. The summed E-state index contributed by atoms with van der Waals surface area (Å²) in [4.78, 5) is 11.1. The molecule has 0 aliphatic carbocycles. The van der Waals surface area contributed by atoms with Crippen molar-refractivity contribution in [2.45, 2.75) is 33.3 Å². The average molecular weight is 271 g/mol. The van der Waals surface area contributed by atoms with Crippen LogP contribution in [0.3, 0.4) is 0 Å². The van der Waals surface area contributed by atoms with Crippen molar-refractivity contribution in [2.24, 2.45) is 0 Å². The normalized spacial score (nSPS) is 13.2. The number of thiophene rings is 1. The third kappa shape index (κ3) is 2.44. The average Bonchev–Trinajstić information content (AvgIpc) is 2.54. The van der Waals surface area contributed by atoms with Crippen LogP contribution in [0.2, 0.25) is 5.15 Å². The third-order valence-corrected chi connectivity index (χ3v) is 4.28. The van der Waals surface area contributed by atoms with Crippen molar-refractivity contribution in [1.29, 1.82) is 0 Å². The molecule has 2 aromatic heterocycles. The molecule has 2 rings (SSSR count). The summed E-state index contributed by atoms with van der Waals surface area (Å²) in [6.45, 7) is 6.13. The first-order valence-corrected chi connectivity index (χ1v) is 6.67. The fourth-order valence-electron chi connectivity index (χ4n) is 1.67. The van der Waals surface area contributed by atoms with E-state index in [9.17, 15) is 0 Å². The van der Waals surface area contributed by atoms with Gasteiger partial charge >= 0.3 is 0 Å². The number of aromatic nitrogens is 2. The monoisotopic (exact) mass is 270 g/mol. The van der Waals surface area contributed by atoms with Crippen LogP contribution in [-0.4, -0.2) is 23.2 Å². The molecule has 0 bridgehead atoms. The molecule has 0 aliphatic rings. The van der Waals surface area contributed by atoms with Gasteiger partial charge in [0, 0.05) is 18.4 Å². The maximum Gasteiger partial charge on any atom is 0.141 e. The second kappa shape index (κ2) is 4.88. The van der Waals surface area contributed by atoms with Gasteiger partial charge in [0.05, 0.1) is 11.5 Å². The Kier molecular flexibility index (Phi) is 3.66. The SMILES string of the molecule is COC(C)Cc1nc(Cl)c2c(C)c(C)sc2n1. The van der Waals surface area contributed by atoms with Gasteiger partial charge in [-0.1, -0.05) is 11.6 Å². The van der Waals surface area contributed by atoms with E-state index in [1.54, 1.807) is 18.4 Å². The summed E-state index contributed by atoms with van der Waals surface area (Å²) in [5.74, 6) is 0.748. The zero-order valence-corrected chi connectivity index (χ0v) is 11.9. The lowest BCUT2D eigenvalue weighted by Crippen LogP contribution is -2.11. The van der Waals surface area contributed by atoms with Crippen LogP contribution in [0.25, 0.3) is 10.2 Å². The third-order valence-electron chi connectivity index (χ3n) is 2.90. The Labute approximate surface area is 110 Å². The Morgan fingerprint density at radius 3 is 2.71 bits per heavy atom. The van der Waals surface area contributed by atoms with Crippen LogP contribution in [0.1, 0.15) is 23.2 Å². The predicted octanol–water partition coefficient (Wildman–Crippen LogP) is 3.54. The van der Waals surface area contributed by atoms with Gasteiger partial charge in [-0.2, -0.15) is 0 Å². The van der Waals surface area contributed by atoms with Crippen LogP contribution < -0.4 is 0 Å². The molecule has 5 heteroatoms. The van der Waals surface area contributed by atoms with E-state index in [0.29, 0.717) is 11.6 Å². The molecule has 0 amide bonds. The van der Waals surface area contributed by atoms with Crippen molar-refractivity contribution in [3.63, 3.8) is 0 Å². The summed E-state index contributed by atoms with van der Waals surface area (Å²) in [6, 6.07) is 0. The minimum absolute atomic E-state index is 0.102. The van der Waals surface area contributed by atoms with Crippen LogP contribution >= 0.6 is 22.9 Å². The number of rotatable bonds is 3. The van der Waals surface area contributed by atoms with Gasteiger partial charge in [0.15, 0.2) is 0 Å². The van der Waals surface area contributed by atoms with E-state index in [1.165, 1.54) is 10.4 Å². The van der Waals surface area contributed by atoms with Crippen LogP contribution in [0.5, 0.6) is 0 Å². The Balaban J connectivity index is 2.49. The molecule has 2 aromatic rings. The summed E-state index contributed by atoms with van der Waals surface area (Å²) in [5.41, 5.74) is 1.18. The Bertz CT molecular complexity index is 553. The molecule has 0 radical (unpaired) electrons. The first-order chi connectivity index (χ1) is 8.02. The van der Waals surface area contributed by atoms with Crippen molar-refractivity contribution in [3.8, 4) is 0 Å². The van der Waals surface area contributed by atoms with Crippen LogP contribution in [-0.2, 0) is 11.2 Å². The largest absolute Gasteiger partial charge is 0.381 e. The molecule has 0 N–H and O–H groups in total. The second-order valence-corrected chi connectivity index (χ2v) is 5.71. The lowest BCUT2D eigenvalue weighted by molar-refractivity contribution is 0.117. The molecular formula is C12H15ClN2OS. The predicted molar refractivity (Wildman–Crippen MR) is 72.1 cm³/mol. The van der Waals surface area contributed by atoms with Crippen molar-refractivity contribution in [1.82, 2.24) is 9.97 Å². The molecule has 0 saturated heterocycles. The van der Waals surface area contributed by atoms with E-state index < -0.39 is 0 Å². The van der Waals surface area contributed by atoms with E-state index in [-0.39, 0.29) is 6.10 Å². The maximum absolute atomic E-state index is 6.22. The number of hydrogen-bond donors (Lipinski definition) is 0. The summed E-state index contributed by atoms with van der Waals surface area (Å²) in [7, 11) is 1.68. The highest BCUT2D eigenvalue weighted by molar-refractivity contribution is 7.18. The second-order valence-electron chi connectivity index (χ2n) is 4.14. The molecule has 2 heterocycles. The van der Waals surface area contributed by atoms with Gasteiger partial charge in [0.2, 0.25) is 0 Å². The molecule has 92 valence electrons. The Hall–Kier alpha value is -0.710. The molecule has 0 aliphatic heterocycles. The molecule has 1 atom stereocenters. The van der Waals surface area contributed by atoms with E-state index >= 15 is 0 Å². The number of nitrogens with zero attached hydrogens (tertiary/aromatic N) is 2. The molecule has 0 saturated carbocycles. The molecule has 0 aromatic carbocycles. The van der Waals surface area contributed by atoms with Gasteiger partial charge in [-0.05, 0) is 26.3 Å². The zero-order chi connectivity index (χ0) is 12.6. The molecule has 17 heavy (non-hydrogen) atoms. The number of ether oxygens (including phenoxy) is 1. The minimum Gasteiger partial charge on any atom is -0.381 e. The summed E-state index contributed by atoms with van der Waals surface area (Å²) >= 11 is 7.89. The lowest BCUT2D eigenvalue weighted by Gasteiger charge is -2.08. The van der Waals surface area contributed by atoms with Crippen LogP contribution in [0.4, 0.5) is 0 Å². The lowest BCUT2D eigenvalue weighted by atomic mass is 10.2. The first kappa shape index (κ1) is 12.7. The van der Waals surface area contributed by atoms with E-state index in [2.05, 4.69) is 23.8 Å². The van der Waals surface area contributed by atoms with Gasteiger partial charge in [-0.25, -0.2) is 9.97 Å². The topological polar surface area (TPSA) is 35.0 Å². The summed E-state index contributed by atoms with van der Waals surface area (Å²) in [5, 5.41) is 1.54.